The van der Waals surface area contributed by atoms with Crippen LogP contribution in [0.3, 0.4) is 0 Å². The Balaban J connectivity index is 1.85. The molecule has 2 aromatic carbocycles. The second-order valence-electron chi connectivity index (χ2n) is 8.95. The summed E-state index contributed by atoms with van der Waals surface area (Å²) >= 11 is 5.81. The van der Waals surface area contributed by atoms with E-state index in [0.29, 0.717) is 5.47 Å². The van der Waals surface area contributed by atoms with Gasteiger partial charge in [0.05, 0.1) is 16.8 Å². The summed E-state index contributed by atoms with van der Waals surface area (Å²) in [6, 6.07) is 12.6. The van der Waals surface area contributed by atoms with Crippen molar-refractivity contribution in [3.63, 3.8) is 0 Å². The maximum atomic E-state index is 13.6. The molecule has 34 heavy (non-hydrogen) atoms. The van der Waals surface area contributed by atoms with Crippen LogP contribution >= 0.6 is 11.6 Å². The van der Waals surface area contributed by atoms with Crippen LogP contribution in [-0.4, -0.2) is 31.0 Å². The molecule has 0 unspecified atom stereocenters. The summed E-state index contributed by atoms with van der Waals surface area (Å²) in [5.74, 6) is 0. The van der Waals surface area contributed by atoms with E-state index in [4.69, 9.17) is 25.6 Å². The number of alkyl halides is 3. The van der Waals surface area contributed by atoms with Gasteiger partial charge in [-0.05, 0) is 56.4 Å². The number of hydrogen-bond donors (Lipinski definition) is 1. The molecule has 3 rings (SSSR count). The van der Waals surface area contributed by atoms with Crippen molar-refractivity contribution in [1.29, 1.82) is 0 Å². The van der Waals surface area contributed by atoms with Crippen LogP contribution in [0.1, 0.15) is 44.4 Å². The highest BCUT2D eigenvalue weighted by Gasteiger charge is 2.52. The summed E-state index contributed by atoms with van der Waals surface area (Å²) in [7, 11) is -0.976. The molecule has 1 fully saturated rings. The van der Waals surface area contributed by atoms with E-state index >= 15 is 0 Å². The Morgan fingerprint density at radius 3 is 2.29 bits per heavy atom. The first-order chi connectivity index (χ1) is 15.8. The molecular weight excluding hydrogens is 470 g/mol. The van der Waals surface area contributed by atoms with E-state index in [2.05, 4.69) is 5.32 Å². The van der Waals surface area contributed by atoms with Crippen molar-refractivity contribution < 1.29 is 32.0 Å². The van der Waals surface area contributed by atoms with Gasteiger partial charge in [-0.2, -0.15) is 13.2 Å². The zero-order valence-electron chi connectivity index (χ0n) is 19.3. The summed E-state index contributed by atoms with van der Waals surface area (Å²) in [6.45, 7) is 7.22. The number of ether oxygens (including phenoxy) is 1. The molecule has 1 heterocycles. The van der Waals surface area contributed by atoms with Gasteiger partial charge in [-0.3, -0.25) is 0 Å². The lowest BCUT2D eigenvalue weighted by atomic mass is 9.76. The van der Waals surface area contributed by atoms with E-state index in [1.54, 1.807) is 0 Å². The van der Waals surface area contributed by atoms with E-state index in [9.17, 15) is 18.0 Å². The predicted molar refractivity (Wildman–Crippen MR) is 125 cm³/mol. The molecule has 10 heteroatoms. The van der Waals surface area contributed by atoms with E-state index < -0.39 is 36.2 Å². The molecule has 0 atom stereocenters. The number of halogens is 4. The van der Waals surface area contributed by atoms with Crippen molar-refractivity contribution in [3.8, 4) is 0 Å². The van der Waals surface area contributed by atoms with Crippen molar-refractivity contribution in [2.45, 2.75) is 51.7 Å². The van der Waals surface area contributed by atoms with Crippen LogP contribution in [0, 0.1) is 0 Å². The molecule has 0 aromatic heterocycles. The number of nitrogens with one attached hydrogen (secondary N) is 1. The third-order valence-corrected chi connectivity index (χ3v) is 6.10. The molecule has 1 amide bonds. The zero-order chi connectivity index (χ0) is 25.1. The average molecular weight is 496 g/mol. The van der Waals surface area contributed by atoms with Crippen LogP contribution < -0.4 is 5.32 Å². The fourth-order valence-corrected chi connectivity index (χ4v) is 3.42. The zero-order valence-corrected chi connectivity index (χ0v) is 20.1. The highest BCUT2D eigenvalue weighted by atomic mass is 35.5. The molecule has 0 bridgehead atoms. The molecule has 0 saturated carbocycles. The van der Waals surface area contributed by atoms with Crippen molar-refractivity contribution in [2.75, 3.05) is 6.54 Å². The summed E-state index contributed by atoms with van der Waals surface area (Å²) in [6.07, 6.45) is -4.04. The van der Waals surface area contributed by atoms with Gasteiger partial charge >= 0.3 is 19.4 Å². The van der Waals surface area contributed by atoms with Gasteiger partial charge in [0.1, 0.15) is 6.61 Å². The van der Waals surface area contributed by atoms with Gasteiger partial charge in [-0.1, -0.05) is 54.1 Å². The highest BCUT2D eigenvalue weighted by Crippen LogP contribution is 2.40. The first-order valence-corrected chi connectivity index (χ1v) is 11.0. The van der Waals surface area contributed by atoms with Gasteiger partial charge in [-0.25, -0.2) is 4.79 Å². The Kier molecular flexibility index (Phi) is 7.70. The Bertz CT molecular complexity index is 1040. The molecule has 0 spiro atoms. The monoisotopic (exact) mass is 495 g/mol. The molecule has 1 aliphatic heterocycles. The third kappa shape index (κ3) is 6.34. The lowest BCUT2D eigenvalue weighted by Crippen LogP contribution is -2.41. The Morgan fingerprint density at radius 2 is 1.71 bits per heavy atom. The van der Waals surface area contributed by atoms with Gasteiger partial charge < -0.3 is 19.4 Å². The first-order valence-electron chi connectivity index (χ1n) is 10.7. The molecule has 1 saturated heterocycles. The van der Waals surface area contributed by atoms with Crippen molar-refractivity contribution in [2.24, 2.45) is 0 Å². The van der Waals surface area contributed by atoms with E-state index in [1.165, 1.54) is 18.2 Å². The van der Waals surface area contributed by atoms with Crippen LogP contribution in [0.15, 0.2) is 54.0 Å². The van der Waals surface area contributed by atoms with Gasteiger partial charge in [0.2, 0.25) is 0 Å². The topological polar surface area (TPSA) is 56.8 Å². The first kappa shape index (κ1) is 26.1. The second kappa shape index (κ2) is 10.0. The molecule has 2 aromatic rings. The van der Waals surface area contributed by atoms with Gasteiger partial charge in [0.25, 0.3) is 0 Å². The molecule has 5 nitrogen and oxygen atoms in total. The number of carbonyl (C=O) groups is 1. The summed E-state index contributed by atoms with van der Waals surface area (Å²) in [4.78, 5) is 12.3. The molecule has 1 N–H and O–H groups in total. The van der Waals surface area contributed by atoms with Crippen LogP contribution in [0.4, 0.5) is 18.0 Å². The largest absolute Gasteiger partial charge is 0.492 e. The quantitative estimate of drug-likeness (QED) is 0.478. The van der Waals surface area contributed by atoms with Crippen molar-refractivity contribution in [1.82, 2.24) is 5.32 Å². The van der Waals surface area contributed by atoms with Crippen LogP contribution in [0.25, 0.3) is 6.08 Å². The van der Waals surface area contributed by atoms with Gasteiger partial charge in [0, 0.05) is 11.6 Å². The predicted octanol–water partition coefficient (Wildman–Crippen LogP) is 6.30. The number of amides is 1. The fourth-order valence-electron chi connectivity index (χ4n) is 3.24. The smallest absolute Gasteiger partial charge is 0.445 e. The second-order valence-corrected chi connectivity index (χ2v) is 9.39. The Hall–Kier alpha value is -2.49. The minimum atomic E-state index is -4.63. The number of benzene rings is 2. The number of rotatable bonds is 6. The standard InChI is InChI=1S/C24H26BClF3NO4/c1-22(2)23(3,4)34-25(33-22)18(12-17-10-11-19(26)13-20(17)24(27,28)29)14-30-21(31)32-15-16-8-6-5-7-9-16/h5-13H,14-15H2,1-4H3,(H,30,31). The molecule has 1 aliphatic rings. The Morgan fingerprint density at radius 1 is 1.09 bits per heavy atom. The Labute approximate surface area is 202 Å². The van der Waals surface area contributed by atoms with E-state index in [0.717, 1.165) is 11.6 Å². The van der Waals surface area contributed by atoms with Crippen molar-refractivity contribution in [3.05, 3.63) is 75.7 Å². The highest BCUT2D eigenvalue weighted by molar-refractivity contribution is 6.56. The van der Waals surface area contributed by atoms with Crippen molar-refractivity contribution >= 4 is 30.9 Å². The fraction of sp³-hybridized carbons (Fsp3) is 0.375. The third-order valence-electron chi connectivity index (χ3n) is 5.87. The minimum absolute atomic E-state index is 0.0377. The average Bonchev–Trinajstić information content (AvgIpc) is 2.97. The van der Waals surface area contributed by atoms with Crippen LogP contribution in [0.2, 0.25) is 5.02 Å². The lowest BCUT2D eigenvalue weighted by molar-refractivity contribution is -0.137. The minimum Gasteiger partial charge on any atom is -0.445 e. The normalized spacial score (nSPS) is 17.5. The summed E-state index contributed by atoms with van der Waals surface area (Å²) in [5.41, 5.74) is -1.38. The van der Waals surface area contributed by atoms with Crippen LogP contribution in [-0.2, 0) is 26.8 Å². The molecule has 0 aliphatic carbocycles. The lowest BCUT2D eigenvalue weighted by Gasteiger charge is -2.32. The SMILES string of the molecule is CC1(C)OB(C(=Cc2ccc(Cl)cc2C(F)(F)F)CNC(=O)OCc2ccccc2)OC1(C)C. The number of carbonyl (C=O) groups excluding carboxylic acids is 1. The van der Waals surface area contributed by atoms with Crippen LogP contribution in [0.5, 0.6) is 0 Å². The maximum absolute atomic E-state index is 13.6. The van der Waals surface area contributed by atoms with E-state index in [1.807, 2.05) is 58.0 Å². The summed E-state index contributed by atoms with van der Waals surface area (Å²) in [5, 5.41) is 2.54. The molecule has 182 valence electrons. The summed E-state index contributed by atoms with van der Waals surface area (Å²) < 4.78 is 58.2. The number of hydrogen-bond acceptors (Lipinski definition) is 4. The maximum Gasteiger partial charge on any atom is 0.492 e. The van der Waals surface area contributed by atoms with E-state index in [-0.39, 0.29) is 23.7 Å². The molecular formula is C24H26BClF3NO4. The van der Waals surface area contributed by atoms with Gasteiger partial charge in [0.15, 0.2) is 0 Å². The van der Waals surface area contributed by atoms with Gasteiger partial charge in [-0.15, -0.1) is 0 Å². The number of alkyl carbamates (subject to hydrolysis) is 1. The molecule has 0 radical (unpaired) electrons.